The number of nitrogens with two attached hydrogens (primary N) is 1. The summed E-state index contributed by atoms with van der Waals surface area (Å²) in [5, 5.41) is 9.65. The second kappa shape index (κ2) is 7.71. The van der Waals surface area contributed by atoms with Crippen LogP contribution in [-0.2, 0) is 0 Å². The van der Waals surface area contributed by atoms with Crippen LogP contribution < -0.4 is 20.1 Å². The molecule has 0 saturated heterocycles. The predicted molar refractivity (Wildman–Crippen MR) is 118 cm³/mol. The van der Waals surface area contributed by atoms with E-state index in [1.54, 1.807) is 24.3 Å². The monoisotopic (exact) mass is 477 g/mol. The fourth-order valence-electron chi connectivity index (χ4n) is 5.00. The highest BCUT2D eigenvalue weighted by Crippen LogP contribution is 2.65. The largest absolute Gasteiger partial charge is 0.493 e. The summed E-state index contributed by atoms with van der Waals surface area (Å²) in [4.78, 5) is 1.08. The van der Waals surface area contributed by atoms with Crippen molar-refractivity contribution in [3.63, 3.8) is 0 Å². The van der Waals surface area contributed by atoms with Gasteiger partial charge in [-0.2, -0.15) is 18.4 Å². The number of alkyl halides is 3. The van der Waals surface area contributed by atoms with Crippen molar-refractivity contribution in [1.82, 2.24) is 0 Å². The zero-order valence-corrected chi connectivity index (χ0v) is 18.5. The number of hydrogen-bond acceptors (Lipinski definition) is 5. The van der Waals surface area contributed by atoms with Gasteiger partial charge in [-0.15, -0.1) is 0 Å². The lowest BCUT2D eigenvalue weighted by atomic mass is 9.40. The molecule has 2 bridgehead atoms. The van der Waals surface area contributed by atoms with Crippen LogP contribution in [0.15, 0.2) is 36.4 Å². The molecule has 5 nitrogen and oxygen atoms in total. The van der Waals surface area contributed by atoms with Crippen molar-refractivity contribution in [2.75, 3.05) is 18.1 Å². The molecule has 0 unspecified atom stereocenters. The summed E-state index contributed by atoms with van der Waals surface area (Å²) >= 11 is 6.32. The Balaban J connectivity index is 1.37. The molecule has 4 aliphatic rings. The SMILES string of the molecule is N#Cc1cc(N(CC(F)(F)F)c2ccc(OCC34CC(N)(C3)C4)cc2)cc(Cl)c1OC1CC1. The van der Waals surface area contributed by atoms with Crippen molar-refractivity contribution in [3.05, 3.63) is 47.0 Å². The molecular formula is C24H23ClF3N3O2. The maximum absolute atomic E-state index is 13.4. The van der Waals surface area contributed by atoms with Gasteiger partial charge in [0.15, 0.2) is 5.75 Å². The summed E-state index contributed by atoms with van der Waals surface area (Å²) in [6.45, 7) is -0.680. The number of ether oxygens (including phenoxy) is 2. The van der Waals surface area contributed by atoms with Gasteiger partial charge in [-0.25, -0.2) is 0 Å². The Labute approximate surface area is 194 Å². The number of rotatable bonds is 8. The summed E-state index contributed by atoms with van der Waals surface area (Å²) in [6.07, 6.45) is 0.136. The molecule has 0 aliphatic heterocycles. The number of halogens is 4. The van der Waals surface area contributed by atoms with Gasteiger partial charge in [-0.1, -0.05) is 11.6 Å². The van der Waals surface area contributed by atoms with E-state index in [1.165, 1.54) is 12.1 Å². The van der Waals surface area contributed by atoms with Crippen molar-refractivity contribution in [1.29, 1.82) is 5.26 Å². The summed E-state index contributed by atoms with van der Waals surface area (Å²) in [5.41, 5.74) is 6.80. The molecule has 4 aliphatic carbocycles. The predicted octanol–water partition coefficient (Wildman–Crippen LogP) is 5.71. The summed E-state index contributed by atoms with van der Waals surface area (Å²) in [6, 6.07) is 11.2. The third-order valence-electron chi connectivity index (χ3n) is 6.48. The van der Waals surface area contributed by atoms with Crippen molar-refractivity contribution in [2.45, 2.75) is 49.9 Å². The highest BCUT2D eigenvalue weighted by Gasteiger charge is 2.66. The molecule has 0 amide bonds. The fourth-order valence-corrected chi connectivity index (χ4v) is 5.26. The van der Waals surface area contributed by atoms with E-state index in [9.17, 15) is 18.4 Å². The summed E-state index contributed by atoms with van der Waals surface area (Å²) in [5.74, 6) is 0.805. The second-order valence-corrected chi connectivity index (χ2v) is 10.0. The molecule has 2 aromatic rings. The maximum atomic E-state index is 13.4. The first-order valence-corrected chi connectivity index (χ1v) is 11.2. The highest BCUT2D eigenvalue weighted by molar-refractivity contribution is 6.32. The molecule has 0 spiro atoms. The molecule has 2 N–H and O–H groups in total. The van der Waals surface area contributed by atoms with E-state index in [0.717, 1.165) is 37.0 Å². The number of nitriles is 1. The smallest absolute Gasteiger partial charge is 0.406 e. The zero-order chi connectivity index (χ0) is 23.4. The van der Waals surface area contributed by atoms with E-state index in [1.807, 2.05) is 6.07 Å². The van der Waals surface area contributed by atoms with Gasteiger partial charge in [0.2, 0.25) is 0 Å². The van der Waals surface area contributed by atoms with E-state index in [4.69, 9.17) is 26.8 Å². The van der Waals surface area contributed by atoms with Crippen LogP contribution in [-0.4, -0.2) is 31.0 Å². The number of hydrogen-bond donors (Lipinski definition) is 1. The normalized spacial score (nSPS) is 25.5. The topological polar surface area (TPSA) is 71.5 Å². The minimum atomic E-state index is -4.47. The van der Waals surface area contributed by atoms with Gasteiger partial charge in [-0.05, 0) is 68.5 Å². The third-order valence-corrected chi connectivity index (χ3v) is 6.76. The Hall–Kier alpha value is -2.63. The fraction of sp³-hybridized carbons (Fsp3) is 0.458. The van der Waals surface area contributed by atoms with Crippen LogP contribution in [0.1, 0.15) is 37.7 Å². The Morgan fingerprint density at radius 3 is 2.33 bits per heavy atom. The first-order valence-electron chi connectivity index (χ1n) is 10.8. The standard InChI is InChI=1S/C24H23ClF3N3O2/c25-20-8-17(7-15(9-29)21(20)33-19-5-6-19)31(13-24(26,27)28)16-1-3-18(4-2-16)32-14-22-10-23(30,11-22)12-22/h1-4,7-8,19H,5-6,10-14,30H2. The van der Waals surface area contributed by atoms with Gasteiger partial charge in [0.25, 0.3) is 0 Å². The average molecular weight is 478 g/mol. The first-order chi connectivity index (χ1) is 15.6. The van der Waals surface area contributed by atoms with Crippen molar-refractivity contribution >= 4 is 23.0 Å². The van der Waals surface area contributed by atoms with Crippen LogP contribution in [0.2, 0.25) is 5.02 Å². The summed E-state index contributed by atoms with van der Waals surface area (Å²) in [7, 11) is 0. The lowest BCUT2D eigenvalue weighted by Gasteiger charge is -2.68. The van der Waals surface area contributed by atoms with Gasteiger partial charge in [-0.3, -0.25) is 0 Å². The molecule has 0 radical (unpaired) electrons. The molecule has 33 heavy (non-hydrogen) atoms. The molecule has 4 fully saturated rings. The van der Waals surface area contributed by atoms with Crippen molar-refractivity contribution in [2.24, 2.45) is 11.1 Å². The molecule has 9 heteroatoms. The molecule has 2 aromatic carbocycles. The van der Waals surface area contributed by atoms with E-state index in [2.05, 4.69) is 0 Å². The minimum absolute atomic E-state index is 0.0000398. The van der Waals surface area contributed by atoms with Gasteiger partial charge in [0.1, 0.15) is 18.4 Å². The van der Waals surface area contributed by atoms with Crippen LogP contribution >= 0.6 is 11.6 Å². The second-order valence-electron chi connectivity index (χ2n) is 9.61. The van der Waals surface area contributed by atoms with E-state index in [0.29, 0.717) is 18.0 Å². The Kier molecular flexibility index (Phi) is 5.18. The number of anilines is 2. The van der Waals surface area contributed by atoms with Crippen molar-refractivity contribution < 1.29 is 22.6 Å². The van der Waals surface area contributed by atoms with Crippen LogP contribution in [0.4, 0.5) is 24.5 Å². The number of nitrogens with zero attached hydrogens (tertiary/aromatic N) is 2. The van der Waals surface area contributed by atoms with Crippen LogP contribution in [0.3, 0.4) is 0 Å². The van der Waals surface area contributed by atoms with E-state index < -0.39 is 12.7 Å². The Morgan fingerprint density at radius 1 is 1.12 bits per heavy atom. The number of benzene rings is 2. The van der Waals surface area contributed by atoms with Crippen LogP contribution in [0, 0.1) is 16.7 Å². The quantitative estimate of drug-likeness (QED) is 0.527. The zero-order valence-electron chi connectivity index (χ0n) is 17.8. The Morgan fingerprint density at radius 2 is 1.79 bits per heavy atom. The van der Waals surface area contributed by atoms with Crippen molar-refractivity contribution in [3.8, 4) is 17.6 Å². The molecular weight excluding hydrogens is 455 g/mol. The summed E-state index contributed by atoms with van der Waals surface area (Å²) < 4.78 is 51.9. The van der Waals surface area contributed by atoms with E-state index >= 15 is 0 Å². The van der Waals surface area contributed by atoms with Gasteiger partial charge >= 0.3 is 6.18 Å². The molecule has 174 valence electrons. The van der Waals surface area contributed by atoms with Crippen LogP contribution in [0.25, 0.3) is 0 Å². The molecule has 6 rings (SSSR count). The van der Waals surface area contributed by atoms with Gasteiger partial charge in [0, 0.05) is 22.3 Å². The molecule has 0 heterocycles. The van der Waals surface area contributed by atoms with E-state index in [-0.39, 0.29) is 39.1 Å². The highest BCUT2D eigenvalue weighted by atomic mass is 35.5. The maximum Gasteiger partial charge on any atom is 0.406 e. The lowest BCUT2D eigenvalue weighted by molar-refractivity contribution is -0.153. The van der Waals surface area contributed by atoms with Crippen LogP contribution in [0.5, 0.6) is 11.5 Å². The molecule has 4 saturated carbocycles. The third kappa shape index (κ3) is 4.57. The molecule has 0 atom stereocenters. The first kappa shape index (κ1) is 22.2. The average Bonchev–Trinajstić information content (AvgIpc) is 3.53. The molecule has 0 aromatic heterocycles. The van der Waals surface area contributed by atoms with Gasteiger partial charge in [0.05, 0.1) is 23.3 Å². The van der Waals surface area contributed by atoms with Gasteiger partial charge < -0.3 is 20.1 Å². The Bertz CT molecular complexity index is 1090. The lowest BCUT2D eigenvalue weighted by Crippen LogP contribution is -2.73. The minimum Gasteiger partial charge on any atom is -0.493 e.